The Balaban J connectivity index is 1.50. The summed E-state index contributed by atoms with van der Waals surface area (Å²) in [5.41, 5.74) is 2.58. The van der Waals surface area contributed by atoms with Gasteiger partial charge in [-0.15, -0.1) is 0 Å². The fourth-order valence-electron chi connectivity index (χ4n) is 4.04. The lowest BCUT2D eigenvalue weighted by Crippen LogP contribution is -2.48. The molecule has 29 heavy (non-hydrogen) atoms. The molecule has 1 saturated heterocycles. The van der Waals surface area contributed by atoms with Gasteiger partial charge in [0.1, 0.15) is 5.75 Å². The standard InChI is InChI=1S/C21H29NO6S/c1-3-15(2)22(18-9-10-29(25,26)14-18)20(23)12-28-21(24)13-27-19-8-7-16-5-4-6-17(16)11-19/h7-8,11,15,18H,3-6,9-10,12-14H2,1-2H3/t15-,18+/m0/s1. The maximum absolute atomic E-state index is 12.7. The molecule has 1 aromatic rings. The zero-order valence-electron chi connectivity index (χ0n) is 17.1. The fourth-order valence-corrected chi connectivity index (χ4v) is 5.75. The highest BCUT2D eigenvalue weighted by Crippen LogP contribution is 2.26. The van der Waals surface area contributed by atoms with E-state index in [0.717, 1.165) is 19.3 Å². The van der Waals surface area contributed by atoms with Crippen molar-refractivity contribution in [2.24, 2.45) is 0 Å². The summed E-state index contributed by atoms with van der Waals surface area (Å²) in [5.74, 6) is -0.314. The lowest BCUT2D eigenvalue weighted by atomic mass is 10.1. The first-order valence-electron chi connectivity index (χ1n) is 10.2. The summed E-state index contributed by atoms with van der Waals surface area (Å²) in [6.07, 6.45) is 4.35. The van der Waals surface area contributed by atoms with Crippen LogP contribution >= 0.6 is 0 Å². The van der Waals surface area contributed by atoms with Crippen LogP contribution in [0.25, 0.3) is 0 Å². The van der Waals surface area contributed by atoms with Crippen LogP contribution in [0, 0.1) is 0 Å². The fraction of sp³-hybridized carbons (Fsp3) is 0.619. The molecule has 3 rings (SSSR count). The number of rotatable bonds is 8. The number of sulfone groups is 1. The van der Waals surface area contributed by atoms with Gasteiger partial charge in [-0.2, -0.15) is 0 Å². The number of benzene rings is 1. The zero-order valence-corrected chi connectivity index (χ0v) is 17.9. The van der Waals surface area contributed by atoms with Crippen LogP contribution in [0.2, 0.25) is 0 Å². The Kier molecular flexibility index (Phi) is 6.82. The van der Waals surface area contributed by atoms with Gasteiger partial charge in [0.25, 0.3) is 5.91 Å². The molecule has 1 aliphatic carbocycles. The summed E-state index contributed by atoms with van der Waals surface area (Å²) in [5, 5.41) is 0. The van der Waals surface area contributed by atoms with E-state index in [0.29, 0.717) is 18.6 Å². The van der Waals surface area contributed by atoms with Gasteiger partial charge in [0.2, 0.25) is 0 Å². The molecule has 8 heteroatoms. The molecule has 0 aromatic heterocycles. The van der Waals surface area contributed by atoms with Gasteiger partial charge in [0, 0.05) is 12.1 Å². The van der Waals surface area contributed by atoms with Crippen molar-refractivity contribution in [3.8, 4) is 5.75 Å². The predicted molar refractivity (Wildman–Crippen MR) is 109 cm³/mol. The second-order valence-corrected chi connectivity index (χ2v) is 10.1. The van der Waals surface area contributed by atoms with Crippen molar-refractivity contribution in [1.29, 1.82) is 0 Å². The van der Waals surface area contributed by atoms with E-state index in [1.807, 2.05) is 32.0 Å². The highest BCUT2D eigenvalue weighted by molar-refractivity contribution is 7.91. The van der Waals surface area contributed by atoms with Crippen LogP contribution in [0.4, 0.5) is 0 Å². The Morgan fingerprint density at radius 3 is 2.66 bits per heavy atom. The van der Waals surface area contributed by atoms with Gasteiger partial charge in [-0.05, 0) is 62.3 Å². The lowest BCUT2D eigenvalue weighted by Gasteiger charge is -2.33. The van der Waals surface area contributed by atoms with E-state index in [4.69, 9.17) is 9.47 Å². The summed E-state index contributed by atoms with van der Waals surface area (Å²) in [7, 11) is -3.11. The van der Waals surface area contributed by atoms with Crippen molar-refractivity contribution in [3.63, 3.8) is 0 Å². The molecule has 0 N–H and O–H groups in total. The smallest absolute Gasteiger partial charge is 0.344 e. The van der Waals surface area contributed by atoms with Gasteiger partial charge in [0.15, 0.2) is 23.1 Å². The summed E-state index contributed by atoms with van der Waals surface area (Å²) < 4.78 is 34.2. The maximum atomic E-state index is 12.7. The molecule has 1 aliphatic heterocycles. The Bertz CT molecular complexity index is 866. The van der Waals surface area contributed by atoms with Gasteiger partial charge >= 0.3 is 5.97 Å². The third-order valence-corrected chi connectivity index (χ3v) is 7.49. The number of fused-ring (bicyclic) bond motifs is 1. The molecular formula is C21H29NO6S. The third kappa shape index (κ3) is 5.50. The Hall–Kier alpha value is -2.09. The number of carbonyl (C=O) groups excluding carboxylic acids is 2. The molecule has 0 saturated carbocycles. The van der Waals surface area contributed by atoms with E-state index in [2.05, 4.69) is 0 Å². The summed E-state index contributed by atoms with van der Waals surface area (Å²) in [6.45, 7) is 3.13. The first-order valence-corrected chi connectivity index (χ1v) is 12.0. The molecule has 0 unspecified atom stereocenters. The summed E-state index contributed by atoms with van der Waals surface area (Å²) >= 11 is 0. The van der Waals surface area contributed by atoms with E-state index < -0.39 is 22.4 Å². The quantitative estimate of drug-likeness (QED) is 0.594. The second-order valence-electron chi connectivity index (χ2n) is 7.85. The molecular weight excluding hydrogens is 394 g/mol. The number of hydrogen-bond acceptors (Lipinski definition) is 6. The molecule has 0 bridgehead atoms. The van der Waals surface area contributed by atoms with Crippen LogP contribution in [0.5, 0.6) is 5.75 Å². The van der Waals surface area contributed by atoms with Gasteiger partial charge in [0.05, 0.1) is 11.5 Å². The second kappa shape index (κ2) is 9.15. The minimum absolute atomic E-state index is 0.0293. The topological polar surface area (TPSA) is 90.0 Å². The number of esters is 1. The molecule has 7 nitrogen and oxygen atoms in total. The van der Waals surface area contributed by atoms with E-state index in [-0.39, 0.29) is 36.1 Å². The summed E-state index contributed by atoms with van der Waals surface area (Å²) in [6, 6.07) is 5.33. The summed E-state index contributed by atoms with van der Waals surface area (Å²) in [4.78, 5) is 26.3. The zero-order chi connectivity index (χ0) is 21.0. The monoisotopic (exact) mass is 423 g/mol. The molecule has 2 aliphatic rings. The Labute approximate surface area is 172 Å². The number of amides is 1. The Morgan fingerprint density at radius 2 is 1.97 bits per heavy atom. The Morgan fingerprint density at radius 1 is 1.21 bits per heavy atom. The minimum Gasteiger partial charge on any atom is -0.482 e. The largest absolute Gasteiger partial charge is 0.482 e. The van der Waals surface area contributed by atoms with Crippen LogP contribution in [-0.4, -0.2) is 62.0 Å². The van der Waals surface area contributed by atoms with Crippen molar-refractivity contribution < 1.29 is 27.5 Å². The van der Waals surface area contributed by atoms with Crippen molar-refractivity contribution >= 4 is 21.7 Å². The van der Waals surface area contributed by atoms with Crippen molar-refractivity contribution in [3.05, 3.63) is 29.3 Å². The van der Waals surface area contributed by atoms with E-state index in [1.54, 1.807) is 4.90 Å². The molecule has 2 atom stereocenters. The third-order valence-electron chi connectivity index (χ3n) is 5.74. The normalized spacial score (nSPS) is 20.7. The molecule has 1 amide bonds. The average molecular weight is 424 g/mol. The van der Waals surface area contributed by atoms with Gasteiger partial charge < -0.3 is 14.4 Å². The molecule has 1 heterocycles. The number of hydrogen-bond donors (Lipinski definition) is 0. The maximum Gasteiger partial charge on any atom is 0.344 e. The van der Waals surface area contributed by atoms with Gasteiger partial charge in [-0.1, -0.05) is 13.0 Å². The number of aryl methyl sites for hydroxylation is 2. The van der Waals surface area contributed by atoms with Crippen LogP contribution in [-0.2, 0) is 37.0 Å². The highest BCUT2D eigenvalue weighted by Gasteiger charge is 2.36. The number of ether oxygens (including phenoxy) is 2. The van der Waals surface area contributed by atoms with Crippen LogP contribution in [0.1, 0.15) is 44.2 Å². The van der Waals surface area contributed by atoms with E-state index in [1.165, 1.54) is 11.1 Å². The van der Waals surface area contributed by atoms with Crippen LogP contribution < -0.4 is 4.74 Å². The van der Waals surface area contributed by atoms with Gasteiger partial charge in [-0.25, -0.2) is 13.2 Å². The van der Waals surface area contributed by atoms with Crippen LogP contribution in [0.15, 0.2) is 18.2 Å². The molecule has 1 fully saturated rings. The van der Waals surface area contributed by atoms with Crippen molar-refractivity contribution in [2.75, 3.05) is 24.7 Å². The van der Waals surface area contributed by atoms with Gasteiger partial charge in [-0.3, -0.25) is 4.79 Å². The molecule has 1 aromatic carbocycles. The first-order chi connectivity index (χ1) is 13.8. The van der Waals surface area contributed by atoms with E-state index >= 15 is 0 Å². The van der Waals surface area contributed by atoms with Crippen molar-refractivity contribution in [1.82, 2.24) is 4.90 Å². The van der Waals surface area contributed by atoms with E-state index in [9.17, 15) is 18.0 Å². The van der Waals surface area contributed by atoms with Crippen LogP contribution in [0.3, 0.4) is 0 Å². The minimum atomic E-state index is -3.11. The average Bonchev–Trinajstić information content (AvgIpc) is 3.30. The number of carbonyl (C=O) groups is 2. The first kappa shape index (κ1) is 21.6. The number of nitrogens with zero attached hydrogens (tertiary/aromatic N) is 1. The molecule has 160 valence electrons. The lowest BCUT2D eigenvalue weighted by molar-refractivity contribution is -0.155. The molecule has 0 radical (unpaired) electrons. The predicted octanol–water partition coefficient (Wildman–Crippen LogP) is 1.91. The van der Waals surface area contributed by atoms with Crippen molar-refractivity contribution in [2.45, 2.75) is 58.0 Å². The molecule has 0 spiro atoms. The highest BCUT2D eigenvalue weighted by atomic mass is 32.2. The SMILES string of the molecule is CC[C@H](C)N(C(=O)COC(=O)COc1ccc2c(c1)CCC2)[C@@H]1CCS(=O)(=O)C1.